The van der Waals surface area contributed by atoms with Crippen LogP contribution in [0.3, 0.4) is 0 Å². The van der Waals surface area contributed by atoms with Crippen LogP contribution >= 0.6 is 15.9 Å². The summed E-state index contributed by atoms with van der Waals surface area (Å²) in [5.41, 5.74) is 3.17. The van der Waals surface area contributed by atoms with Crippen LogP contribution in [0.25, 0.3) is 10.1 Å². The van der Waals surface area contributed by atoms with E-state index in [1.165, 1.54) is 0 Å². The van der Waals surface area contributed by atoms with Gasteiger partial charge in [-0.3, -0.25) is 4.79 Å². The van der Waals surface area contributed by atoms with Gasteiger partial charge in [0.1, 0.15) is 0 Å². The Morgan fingerprint density at radius 2 is 2.19 bits per heavy atom. The molecule has 0 aromatic heterocycles. The van der Waals surface area contributed by atoms with Crippen LogP contribution in [0.4, 0.5) is 0 Å². The minimum atomic E-state index is 0.0930. The molecule has 2 heterocycles. The molecule has 1 saturated heterocycles. The molecule has 0 N–H and O–H groups in total. The summed E-state index contributed by atoms with van der Waals surface area (Å²) in [4.78, 5) is 14.2. The first kappa shape index (κ1) is 14.5. The van der Waals surface area contributed by atoms with E-state index in [4.69, 9.17) is 4.74 Å². The van der Waals surface area contributed by atoms with E-state index in [1.807, 2.05) is 29.2 Å². The van der Waals surface area contributed by atoms with E-state index >= 15 is 0 Å². The Bertz CT molecular complexity index is 603. The van der Waals surface area contributed by atoms with Crippen LogP contribution in [-0.4, -0.2) is 36.6 Å². The fraction of sp³-hybridized carbons (Fsp3) is 0.353. The van der Waals surface area contributed by atoms with Crippen LogP contribution in [0.1, 0.15) is 24.0 Å². The van der Waals surface area contributed by atoms with Crippen LogP contribution in [-0.2, 0) is 9.53 Å². The minimum absolute atomic E-state index is 0.0930. The Labute approximate surface area is 133 Å². The van der Waals surface area contributed by atoms with E-state index in [0.717, 1.165) is 40.6 Å². The predicted molar refractivity (Wildman–Crippen MR) is 87.9 cm³/mol. The number of rotatable bonds is 3. The highest BCUT2D eigenvalue weighted by molar-refractivity contribution is 9.15. The van der Waals surface area contributed by atoms with Gasteiger partial charge in [-0.1, -0.05) is 46.8 Å². The van der Waals surface area contributed by atoms with Crippen molar-refractivity contribution in [3.05, 3.63) is 48.0 Å². The van der Waals surface area contributed by atoms with Crippen molar-refractivity contribution in [1.82, 2.24) is 4.90 Å². The zero-order valence-corrected chi connectivity index (χ0v) is 13.4. The molecule has 1 amide bonds. The Balaban J connectivity index is 1.84. The van der Waals surface area contributed by atoms with Crippen LogP contribution in [0.15, 0.2) is 36.9 Å². The third-order valence-corrected chi connectivity index (χ3v) is 4.49. The molecular formula is C17H18BrNO2. The summed E-state index contributed by atoms with van der Waals surface area (Å²) in [5, 5.41) is 0. The van der Waals surface area contributed by atoms with Crippen molar-refractivity contribution in [3.8, 4) is 0 Å². The highest BCUT2D eigenvalue weighted by Gasteiger charge is 2.30. The average molecular weight is 348 g/mol. The average Bonchev–Trinajstić information content (AvgIpc) is 2.90. The van der Waals surface area contributed by atoms with Crippen LogP contribution in [0.2, 0.25) is 0 Å². The van der Waals surface area contributed by atoms with Gasteiger partial charge in [0.15, 0.2) is 0 Å². The lowest BCUT2D eigenvalue weighted by atomic mass is 10.00. The summed E-state index contributed by atoms with van der Waals surface area (Å²) in [6.45, 7) is 6.08. The number of benzene rings is 1. The van der Waals surface area contributed by atoms with E-state index in [2.05, 4.69) is 22.5 Å². The number of carbonyl (C=O) groups is 1. The van der Waals surface area contributed by atoms with Gasteiger partial charge in [-0.25, -0.2) is 0 Å². The second kappa shape index (κ2) is 6.16. The first-order valence-corrected chi connectivity index (χ1v) is 7.99. The third-order valence-electron chi connectivity index (χ3n) is 4.06. The highest BCUT2D eigenvalue weighted by Crippen LogP contribution is 2.32. The number of hydrogen-bond acceptors (Lipinski definition) is 2. The van der Waals surface area contributed by atoms with Crippen LogP contribution < -0.4 is 0 Å². The number of nitrogens with zero attached hydrogens (tertiary/aromatic N) is 1. The van der Waals surface area contributed by atoms with Gasteiger partial charge in [-0.05, 0) is 29.5 Å². The van der Waals surface area contributed by atoms with Gasteiger partial charge in [0, 0.05) is 23.7 Å². The van der Waals surface area contributed by atoms with E-state index in [1.54, 1.807) is 6.08 Å². The first-order chi connectivity index (χ1) is 10.2. The van der Waals surface area contributed by atoms with Crippen molar-refractivity contribution in [2.75, 3.05) is 19.8 Å². The molecule has 1 unspecified atom stereocenters. The van der Waals surface area contributed by atoms with Crippen molar-refractivity contribution in [3.63, 3.8) is 0 Å². The Hall–Kier alpha value is -1.39. The topological polar surface area (TPSA) is 29.5 Å². The number of halogens is 1. The van der Waals surface area contributed by atoms with E-state index < -0.39 is 0 Å². The zero-order chi connectivity index (χ0) is 14.8. The monoisotopic (exact) mass is 347 g/mol. The van der Waals surface area contributed by atoms with Crippen molar-refractivity contribution in [1.29, 1.82) is 0 Å². The molecule has 1 atom stereocenters. The van der Waals surface area contributed by atoms with Gasteiger partial charge in [0.2, 0.25) is 5.91 Å². The Kier molecular flexibility index (Phi) is 4.27. The van der Waals surface area contributed by atoms with Crippen molar-refractivity contribution >= 4 is 31.9 Å². The largest absolute Gasteiger partial charge is 0.379 e. The molecule has 1 aromatic carbocycles. The molecule has 0 saturated carbocycles. The molecule has 21 heavy (non-hydrogen) atoms. The molecule has 0 bridgehead atoms. The lowest BCUT2D eigenvalue weighted by Crippen LogP contribution is -2.42. The molecule has 1 aromatic rings. The van der Waals surface area contributed by atoms with Gasteiger partial charge < -0.3 is 9.64 Å². The first-order valence-electron chi connectivity index (χ1n) is 7.20. The molecule has 0 spiro atoms. The molecule has 0 aliphatic carbocycles. The lowest BCUT2D eigenvalue weighted by Gasteiger charge is -2.31. The van der Waals surface area contributed by atoms with Crippen molar-refractivity contribution < 1.29 is 9.53 Å². The maximum Gasteiger partial charge on any atom is 0.247 e. The molecule has 110 valence electrons. The fourth-order valence-electron chi connectivity index (χ4n) is 2.98. The highest BCUT2D eigenvalue weighted by atomic mass is 79.9. The standard InChI is InChI=1S/C17H18BrNO2/c1-12(18)15-6-2-3-7-16(15)13-9-17(20)19(10-13)14-5-4-8-21-11-14/h2-3,6-7,9,14H,1,4-5,8,10-11H2. The number of ether oxygens (including phenoxy) is 1. The summed E-state index contributed by atoms with van der Waals surface area (Å²) >= 11 is 3.45. The summed E-state index contributed by atoms with van der Waals surface area (Å²) in [5.74, 6) is 0.0930. The van der Waals surface area contributed by atoms with Crippen molar-refractivity contribution in [2.24, 2.45) is 0 Å². The normalized spacial score (nSPS) is 22.3. The molecule has 2 aliphatic rings. The van der Waals surface area contributed by atoms with Gasteiger partial charge >= 0.3 is 0 Å². The molecule has 3 nitrogen and oxygen atoms in total. The number of carbonyl (C=O) groups excluding carboxylic acids is 1. The van der Waals surface area contributed by atoms with E-state index in [0.29, 0.717) is 13.2 Å². The Morgan fingerprint density at radius 3 is 2.90 bits per heavy atom. The molecule has 3 rings (SSSR count). The van der Waals surface area contributed by atoms with Gasteiger partial charge in [-0.15, -0.1) is 0 Å². The van der Waals surface area contributed by atoms with Gasteiger partial charge in [-0.2, -0.15) is 0 Å². The zero-order valence-electron chi connectivity index (χ0n) is 11.8. The van der Waals surface area contributed by atoms with Crippen LogP contribution in [0, 0.1) is 0 Å². The lowest BCUT2D eigenvalue weighted by molar-refractivity contribution is -0.129. The molecule has 0 radical (unpaired) electrons. The van der Waals surface area contributed by atoms with Gasteiger partial charge in [0.05, 0.1) is 12.6 Å². The van der Waals surface area contributed by atoms with E-state index in [9.17, 15) is 4.79 Å². The third kappa shape index (κ3) is 2.97. The van der Waals surface area contributed by atoms with Crippen molar-refractivity contribution in [2.45, 2.75) is 18.9 Å². The summed E-state index contributed by atoms with van der Waals surface area (Å²) < 4.78 is 6.35. The molecule has 2 aliphatic heterocycles. The maximum atomic E-state index is 12.3. The molecule has 4 heteroatoms. The quantitative estimate of drug-likeness (QED) is 0.837. The summed E-state index contributed by atoms with van der Waals surface area (Å²) in [6.07, 6.45) is 3.81. The molecular weight excluding hydrogens is 330 g/mol. The van der Waals surface area contributed by atoms with Gasteiger partial charge in [0.25, 0.3) is 0 Å². The minimum Gasteiger partial charge on any atom is -0.379 e. The second-order valence-electron chi connectivity index (χ2n) is 5.46. The Morgan fingerprint density at radius 1 is 1.38 bits per heavy atom. The SMILES string of the molecule is C=C(Br)c1ccccc1C1=CC(=O)N(C2CCCOC2)C1. The predicted octanol–water partition coefficient (Wildman–Crippen LogP) is 3.46. The second-order valence-corrected chi connectivity index (χ2v) is 6.41. The maximum absolute atomic E-state index is 12.3. The number of amides is 1. The smallest absolute Gasteiger partial charge is 0.247 e. The summed E-state index contributed by atoms with van der Waals surface area (Å²) in [6, 6.07) is 8.24. The van der Waals surface area contributed by atoms with E-state index in [-0.39, 0.29) is 11.9 Å². The number of hydrogen-bond donors (Lipinski definition) is 0. The fourth-order valence-corrected chi connectivity index (χ4v) is 3.33. The van der Waals surface area contributed by atoms with Crippen LogP contribution in [0.5, 0.6) is 0 Å². The summed E-state index contributed by atoms with van der Waals surface area (Å²) in [7, 11) is 0. The molecule has 1 fully saturated rings.